The third-order valence-electron chi connectivity index (χ3n) is 3.94. The van der Waals surface area contributed by atoms with Crippen molar-refractivity contribution in [3.8, 4) is 5.75 Å². The lowest BCUT2D eigenvalue weighted by Crippen LogP contribution is -2.30. The molecule has 0 radical (unpaired) electrons. The molecule has 0 aromatic heterocycles. The highest BCUT2D eigenvalue weighted by molar-refractivity contribution is 6.30. The maximum Gasteiger partial charge on any atom is 0.338 e. The average Bonchev–Trinajstić information content (AvgIpc) is 2.70. The molecule has 6 nitrogen and oxygen atoms in total. The van der Waals surface area contributed by atoms with E-state index in [2.05, 4.69) is 5.32 Å². The number of nitrogens with one attached hydrogen (secondary N) is 1. The molecule has 0 heterocycles. The summed E-state index contributed by atoms with van der Waals surface area (Å²) in [6.07, 6.45) is 0.638. The number of methoxy groups -OCH3 is 1. The molecule has 28 heavy (non-hydrogen) atoms. The van der Waals surface area contributed by atoms with Crippen LogP contribution in [0.4, 0.5) is 0 Å². The molecular weight excluding hydrogens is 382 g/mol. The summed E-state index contributed by atoms with van der Waals surface area (Å²) in [4.78, 5) is 24.1. The number of carbonyl (C=O) groups is 2. The number of carbonyl (C=O) groups excluding carboxylic acids is 2. The van der Waals surface area contributed by atoms with Gasteiger partial charge in [0.15, 0.2) is 6.61 Å². The maximum absolute atomic E-state index is 12.2. The first kappa shape index (κ1) is 21.7. The van der Waals surface area contributed by atoms with Gasteiger partial charge in [-0.05, 0) is 49.2 Å². The van der Waals surface area contributed by atoms with E-state index in [0.29, 0.717) is 42.5 Å². The van der Waals surface area contributed by atoms with Gasteiger partial charge in [-0.1, -0.05) is 23.7 Å². The van der Waals surface area contributed by atoms with E-state index in [9.17, 15) is 9.59 Å². The Morgan fingerprint density at radius 1 is 1.14 bits per heavy atom. The van der Waals surface area contributed by atoms with E-state index in [1.807, 2.05) is 25.1 Å². The number of halogens is 1. The zero-order chi connectivity index (χ0) is 20.4. The number of ether oxygens (including phenoxy) is 3. The zero-order valence-electron chi connectivity index (χ0n) is 16.0. The Balaban J connectivity index is 1.81. The molecule has 150 valence electrons. The first-order valence-corrected chi connectivity index (χ1v) is 9.34. The Morgan fingerprint density at radius 3 is 2.68 bits per heavy atom. The van der Waals surface area contributed by atoms with Gasteiger partial charge < -0.3 is 19.5 Å². The van der Waals surface area contributed by atoms with Gasteiger partial charge in [-0.2, -0.15) is 0 Å². The van der Waals surface area contributed by atoms with E-state index in [1.165, 1.54) is 0 Å². The van der Waals surface area contributed by atoms with Crippen molar-refractivity contribution in [2.24, 2.45) is 0 Å². The van der Waals surface area contributed by atoms with E-state index < -0.39 is 5.97 Å². The molecule has 0 aliphatic carbocycles. The molecule has 1 N–H and O–H groups in total. The molecule has 2 rings (SSSR count). The SMILES string of the molecule is CCOCc1cc(C(=O)OCC(=O)NCCc2cccc(Cl)c2)ccc1OC. The van der Waals surface area contributed by atoms with Gasteiger partial charge in [-0.25, -0.2) is 4.79 Å². The minimum absolute atomic E-state index is 0.324. The first-order chi connectivity index (χ1) is 13.5. The summed E-state index contributed by atoms with van der Waals surface area (Å²) in [5, 5.41) is 3.37. The molecule has 0 spiro atoms. The van der Waals surface area contributed by atoms with Crippen molar-refractivity contribution >= 4 is 23.5 Å². The molecule has 7 heteroatoms. The van der Waals surface area contributed by atoms with Crippen LogP contribution in [0.15, 0.2) is 42.5 Å². The van der Waals surface area contributed by atoms with Gasteiger partial charge in [0, 0.05) is 23.7 Å². The molecule has 2 aromatic carbocycles. The van der Waals surface area contributed by atoms with E-state index in [0.717, 1.165) is 11.1 Å². The third kappa shape index (κ3) is 6.87. The molecule has 0 bridgehead atoms. The van der Waals surface area contributed by atoms with Crippen LogP contribution in [0.3, 0.4) is 0 Å². The molecule has 0 atom stereocenters. The van der Waals surface area contributed by atoms with E-state index >= 15 is 0 Å². The van der Waals surface area contributed by atoms with Gasteiger partial charge in [0.1, 0.15) is 5.75 Å². The Hall–Kier alpha value is -2.57. The largest absolute Gasteiger partial charge is 0.496 e. The van der Waals surface area contributed by atoms with E-state index in [1.54, 1.807) is 31.4 Å². The molecule has 0 saturated heterocycles. The summed E-state index contributed by atoms with van der Waals surface area (Å²) in [5.41, 5.74) is 2.09. The van der Waals surface area contributed by atoms with Gasteiger partial charge in [0.2, 0.25) is 0 Å². The van der Waals surface area contributed by atoms with E-state index in [-0.39, 0.29) is 12.5 Å². The van der Waals surface area contributed by atoms with Gasteiger partial charge in [0.25, 0.3) is 5.91 Å². The van der Waals surface area contributed by atoms with Gasteiger partial charge >= 0.3 is 5.97 Å². The third-order valence-corrected chi connectivity index (χ3v) is 4.17. The summed E-state index contributed by atoms with van der Waals surface area (Å²) < 4.78 is 15.7. The zero-order valence-corrected chi connectivity index (χ0v) is 16.8. The predicted molar refractivity (Wildman–Crippen MR) is 107 cm³/mol. The Bertz CT molecular complexity index is 809. The molecule has 0 fully saturated rings. The van der Waals surface area contributed by atoms with Crippen LogP contribution in [0.5, 0.6) is 5.75 Å². The van der Waals surface area contributed by atoms with Crippen molar-refractivity contribution in [3.05, 3.63) is 64.2 Å². The van der Waals surface area contributed by atoms with Crippen LogP contribution >= 0.6 is 11.6 Å². The van der Waals surface area contributed by atoms with Crippen molar-refractivity contribution in [1.82, 2.24) is 5.32 Å². The lowest BCUT2D eigenvalue weighted by atomic mass is 10.1. The number of hydrogen-bond donors (Lipinski definition) is 1. The number of rotatable bonds is 10. The second-order valence-corrected chi connectivity index (χ2v) is 6.41. The molecule has 2 aromatic rings. The summed E-state index contributed by atoms with van der Waals surface area (Å²) >= 11 is 5.93. The lowest BCUT2D eigenvalue weighted by molar-refractivity contribution is -0.124. The summed E-state index contributed by atoms with van der Waals surface area (Å²) in [5.74, 6) is -0.312. The highest BCUT2D eigenvalue weighted by Gasteiger charge is 2.13. The summed E-state index contributed by atoms with van der Waals surface area (Å²) in [7, 11) is 1.55. The maximum atomic E-state index is 12.2. The molecule has 1 amide bonds. The molecule has 0 saturated carbocycles. The number of hydrogen-bond acceptors (Lipinski definition) is 5. The highest BCUT2D eigenvalue weighted by atomic mass is 35.5. The van der Waals surface area contributed by atoms with Crippen molar-refractivity contribution in [2.75, 3.05) is 26.9 Å². The smallest absolute Gasteiger partial charge is 0.338 e. The highest BCUT2D eigenvalue weighted by Crippen LogP contribution is 2.21. The molecule has 0 unspecified atom stereocenters. The minimum Gasteiger partial charge on any atom is -0.496 e. The number of benzene rings is 2. The van der Waals surface area contributed by atoms with Gasteiger partial charge in [-0.3, -0.25) is 4.79 Å². The summed E-state index contributed by atoms with van der Waals surface area (Å²) in [6, 6.07) is 12.3. The van der Waals surface area contributed by atoms with Crippen molar-refractivity contribution in [2.45, 2.75) is 20.0 Å². The fraction of sp³-hybridized carbons (Fsp3) is 0.333. The predicted octanol–water partition coefficient (Wildman–Crippen LogP) is 3.40. The minimum atomic E-state index is -0.578. The molecule has 0 aliphatic rings. The second-order valence-electron chi connectivity index (χ2n) is 5.97. The fourth-order valence-electron chi connectivity index (χ4n) is 2.53. The fourth-order valence-corrected chi connectivity index (χ4v) is 2.75. The standard InChI is InChI=1S/C21H24ClNO5/c1-3-27-13-17-12-16(7-8-19(17)26-2)21(25)28-14-20(24)23-10-9-15-5-4-6-18(22)11-15/h4-8,11-12H,3,9-10,13-14H2,1-2H3,(H,23,24). The quantitative estimate of drug-likeness (QED) is 0.613. The topological polar surface area (TPSA) is 73.9 Å². The van der Waals surface area contributed by atoms with Gasteiger partial charge in [-0.15, -0.1) is 0 Å². The van der Waals surface area contributed by atoms with Crippen molar-refractivity contribution < 1.29 is 23.8 Å². The van der Waals surface area contributed by atoms with Crippen LogP contribution in [0.2, 0.25) is 5.02 Å². The van der Waals surface area contributed by atoms with Crippen LogP contribution in [0.25, 0.3) is 0 Å². The van der Waals surface area contributed by atoms with E-state index in [4.69, 9.17) is 25.8 Å². The van der Waals surface area contributed by atoms with Gasteiger partial charge in [0.05, 0.1) is 19.3 Å². The van der Waals surface area contributed by atoms with Crippen molar-refractivity contribution in [3.63, 3.8) is 0 Å². The monoisotopic (exact) mass is 405 g/mol. The lowest BCUT2D eigenvalue weighted by Gasteiger charge is -2.11. The van der Waals surface area contributed by atoms with Crippen molar-refractivity contribution in [1.29, 1.82) is 0 Å². The van der Waals surface area contributed by atoms with Crippen LogP contribution in [-0.2, 0) is 27.3 Å². The second kappa shape index (κ2) is 11.3. The van der Waals surface area contributed by atoms with Crippen LogP contribution in [-0.4, -0.2) is 38.7 Å². The van der Waals surface area contributed by atoms with Crippen LogP contribution in [0, 0.1) is 0 Å². The summed E-state index contributed by atoms with van der Waals surface area (Å²) in [6.45, 7) is 2.84. The Morgan fingerprint density at radius 2 is 1.96 bits per heavy atom. The van der Waals surface area contributed by atoms with Crippen LogP contribution < -0.4 is 10.1 Å². The first-order valence-electron chi connectivity index (χ1n) is 8.96. The number of esters is 1. The average molecular weight is 406 g/mol. The Kier molecular flexibility index (Phi) is 8.78. The van der Waals surface area contributed by atoms with Crippen LogP contribution in [0.1, 0.15) is 28.4 Å². The molecule has 0 aliphatic heterocycles. The Labute approximate surface area is 169 Å². The molecular formula is C21H24ClNO5. The number of amides is 1. The normalized spacial score (nSPS) is 10.4.